The largest absolute Gasteiger partial charge is 0.351 e. The Balaban J connectivity index is 2.39. The number of benzene rings is 2. The van der Waals surface area contributed by atoms with Gasteiger partial charge in [0.25, 0.3) is 10.0 Å². The summed E-state index contributed by atoms with van der Waals surface area (Å²) in [5.74, 6) is -1.01. The molecule has 5 nitrogen and oxygen atoms in total. The number of nitrogens with zero attached hydrogens (tertiary/aromatic N) is 1. The van der Waals surface area contributed by atoms with E-state index in [1.165, 1.54) is 18.2 Å². The Bertz CT molecular complexity index is 805. The third-order valence-electron chi connectivity index (χ3n) is 3.18. The summed E-state index contributed by atoms with van der Waals surface area (Å²) in [7, 11) is -4.01. The maximum Gasteiger partial charge on any atom is 0.264 e. The number of carbonyl (C=O) groups excluding carboxylic acids is 1. The van der Waals surface area contributed by atoms with Crippen LogP contribution >= 0.6 is 0 Å². The summed E-state index contributed by atoms with van der Waals surface area (Å²) in [5, 5.41) is 2.54. The lowest BCUT2D eigenvalue weighted by Gasteiger charge is -2.24. The molecular weight excluding hydrogens is 331 g/mol. The van der Waals surface area contributed by atoms with Gasteiger partial charge in [-0.15, -0.1) is 6.58 Å². The topological polar surface area (TPSA) is 66.5 Å². The van der Waals surface area contributed by atoms with Crippen LogP contribution in [0.4, 0.5) is 10.1 Å². The van der Waals surface area contributed by atoms with E-state index in [4.69, 9.17) is 0 Å². The van der Waals surface area contributed by atoms with Gasteiger partial charge in [0.05, 0.1) is 10.6 Å². The van der Waals surface area contributed by atoms with Crippen LogP contribution in [-0.4, -0.2) is 27.4 Å². The molecule has 24 heavy (non-hydrogen) atoms. The summed E-state index contributed by atoms with van der Waals surface area (Å²) in [6.07, 6.45) is 1.50. The lowest BCUT2D eigenvalue weighted by molar-refractivity contribution is -0.119. The van der Waals surface area contributed by atoms with Crippen molar-refractivity contribution in [2.24, 2.45) is 0 Å². The van der Waals surface area contributed by atoms with Crippen molar-refractivity contribution >= 4 is 21.6 Å². The normalized spacial score (nSPS) is 10.9. The van der Waals surface area contributed by atoms with Crippen molar-refractivity contribution in [3.63, 3.8) is 0 Å². The SMILES string of the molecule is C=CCNC(=O)CN(c1ccccc1)S(=O)(=O)c1ccc(F)cc1. The zero-order valence-corrected chi connectivity index (χ0v) is 13.7. The van der Waals surface area contributed by atoms with E-state index in [1.807, 2.05) is 0 Å². The second kappa shape index (κ2) is 7.74. The highest BCUT2D eigenvalue weighted by Gasteiger charge is 2.26. The Labute approximate surface area is 140 Å². The Morgan fingerprint density at radius 2 is 1.75 bits per heavy atom. The highest BCUT2D eigenvalue weighted by molar-refractivity contribution is 7.92. The molecule has 0 saturated heterocycles. The van der Waals surface area contributed by atoms with Gasteiger partial charge in [-0.3, -0.25) is 9.10 Å². The molecule has 0 atom stereocenters. The number of hydrogen-bond donors (Lipinski definition) is 1. The van der Waals surface area contributed by atoms with Crippen molar-refractivity contribution in [1.82, 2.24) is 5.32 Å². The number of rotatable bonds is 7. The van der Waals surface area contributed by atoms with Gasteiger partial charge in [0, 0.05) is 6.54 Å². The van der Waals surface area contributed by atoms with Crippen molar-refractivity contribution in [3.05, 3.63) is 73.1 Å². The van der Waals surface area contributed by atoms with E-state index in [1.54, 1.807) is 30.3 Å². The highest BCUT2D eigenvalue weighted by atomic mass is 32.2. The molecule has 2 aromatic rings. The number of sulfonamides is 1. The molecule has 0 aliphatic heterocycles. The summed E-state index contributed by atoms with van der Waals surface area (Å²) in [6, 6.07) is 12.7. The van der Waals surface area contributed by atoms with Gasteiger partial charge in [-0.05, 0) is 36.4 Å². The Morgan fingerprint density at radius 1 is 1.12 bits per heavy atom. The van der Waals surface area contributed by atoms with Gasteiger partial charge in [0.15, 0.2) is 0 Å². The van der Waals surface area contributed by atoms with Gasteiger partial charge in [0.1, 0.15) is 12.4 Å². The zero-order chi connectivity index (χ0) is 17.6. The highest BCUT2D eigenvalue weighted by Crippen LogP contribution is 2.23. The zero-order valence-electron chi connectivity index (χ0n) is 12.9. The predicted molar refractivity (Wildman–Crippen MR) is 90.6 cm³/mol. The van der Waals surface area contributed by atoms with Crippen LogP contribution in [0.3, 0.4) is 0 Å². The van der Waals surface area contributed by atoms with Crippen LogP contribution in [0.5, 0.6) is 0 Å². The molecule has 0 spiro atoms. The molecular formula is C17H17FN2O3S. The van der Waals surface area contributed by atoms with Crippen LogP contribution in [0.15, 0.2) is 72.1 Å². The molecule has 0 bridgehead atoms. The lowest BCUT2D eigenvalue weighted by atomic mass is 10.3. The van der Waals surface area contributed by atoms with Crippen LogP contribution in [0.25, 0.3) is 0 Å². The van der Waals surface area contributed by atoms with Gasteiger partial charge < -0.3 is 5.32 Å². The maximum absolute atomic E-state index is 13.1. The molecule has 7 heteroatoms. The number of nitrogens with one attached hydrogen (secondary N) is 1. The minimum atomic E-state index is -4.01. The van der Waals surface area contributed by atoms with Crippen LogP contribution < -0.4 is 9.62 Å². The van der Waals surface area contributed by atoms with Crippen molar-refractivity contribution in [3.8, 4) is 0 Å². The van der Waals surface area contributed by atoms with E-state index < -0.39 is 28.3 Å². The number of hydrogen-bond acceptors (Lipinski definition) is 3. The van der Waals surface area contributed by atoms with Gasteiger partial charge in [-0.1, -0.05) is 24.3 Å². The van der Waals surface area contributed by atoms with Crippen molar-refractivity contribution in [2.75, 3.05) is 17.4 Å². The molecule has 0 unspecified atom stereocenters. The Hall–Kier alpha value is -2.67. The molecule has 0 aliphatic rings. The summed E-state index contributed by atoms with van der Waals surface area (Å²) >= 11 is 0. The van der Waals surface area contributed by atoms with E-state index in [2.05, 4.69) is 11.9 Å². The first-order chi connectivity index (χ1) is 11.4. The van der Waals surface area contributed by atoms with E-state index >= 15 is 0 Å². The monoisotopic (exact) mass is 348 g/mol. The minimum absolute atomic E-state index is 0.0933. The average molecular weight is 348 g/mol. The molecule has 1 amide bonds. The van der Waals surface area contributed by atoms with E-state index in [0.717, 1.165) is 16.4 Å². The van der Waals surface area contributed by atoms with Crippen LogP contribution in [0, 0.1) is 5.82 Å². The molecule has 126 valence electrons. The number of amides is 1. The average Bonchev–Trinajstić information content (AvgIpc) is 2.59. The quantitative estimate of drug-likeness (QED) is 0.781. The van der Waals surface area contributed by atoms with Gasteiger partial charge in [0.2, 0.25) is 5.91 Å². The van der Waals surface area contributed by atoms with Crippen molar-refractivity contribution in [2.45, 2.75) is 4.90 Å². The number of carbonyl (C=O) groups is 1. The maximum atomic E-state index is 13.1. The smallest absolute Gasteiger partial charge is 0.264 e. The molecule has 0 fully saturated rings. The van der Waals surface area contributed by atoms with E-state index in [9.17, 15) is 17.6 Å². The van der Waals surface area contributed by atoms with Crippen LogP contribution in [0.2, 0.25) is 0 Å². The summed E-state index contributed by atoms with van der Waals surface area (Å²) < 4.78 is 39.8. The first kappa shape index (κ1) is 17.7. The number of halogens is 1. The fourth-order valence-corrected chi connectivity index (χ4v) is 3.44. The molecule has 0 aromatic heterocycles. The number of para-hydroxylation sites is 1. The molecule has 0 aliphatic carbocycles. The van der Waals surface area contributed by atoms with Crippen LogP contribution in [0.1, 0.15) is 0 Å². The molecule has 1 N–H and O–H groups in total. The van der Waals surface area contributed by atoms with Gasteiger partial charge in [-0.25, -0.2) is 12.8 Å². The summed E-state index contributed by atoms with van der Waals surface area (Å²) in [5.41, 5.74) is 0.343. The van der Waals surface area contributed by atoms with Crippen molar-refractivity contribution in [1.29, 1.82) is 0 Å². The second-order valence-corrected chi connectivity index (χ2v) is 6.76. The Morgan fingerprint density at radius 3 is 2.33 bits per heavy atom. The van der Waals surface area contributed by atoms with Crippen molar-refractivity contribution < 1.29 is 17.6 Å². The first-order valence-electron chi connectivity index (χ1n) is 7.16. The summed E-state index contributed by atoms with van der Waals surface area (Å²) in [6.45, 7) is 3.34. The fraction of sp³-hybridized carbons (Fsp3) is 0.118. The van der Waals surface area contributed by atoms with Crippen LogP contribution in [-0.2, 0) is 14.8 Å². The molecule has 2 rings (SSSR count). The predicted octanol–water partition coefficient (Wildman–Crippen LogP) is 2.32. The first-order valence-corrected chi connectivity index (χ1v) is 8.60. The molecule has 0 heterocycles. The number of anilines is 1. The van der Waals surface area contributed by atoms with Gasteiger partial charge in [-0.2, -0.15) is 0 Å². The lowest BCUT2D eigenvalue weighted by Crippen LogP contribution is -2.40. The Kier molecular flexibility index (Phi) is 5.70. The molecule has 0 saturated carbocycles. The standard InChI is InChI=1S/C17H17FN2O3S/c1-2-12-19-17(21)13-20(15-6-4-3-5-7-15)24(22,23)16-10-8-14(18)9-11-16/h2-11H,1,12-13H2,(H,19,21). The van der Waals surface area contributed by atoms with E-state index in [0.29, 0.717) is 5.69 Å². The molecule has 2 aromatic carbocycles. The fourth-order valence-electron chi connectivity index (χ4n) is 2.02. The van der Waals surface area contributed by atoms with E-state index in [-0.39, 0.29) is 11.4 Å². The third-order valence-corrected chi connectivity index (χ3v) is 4.96. The van der Waals surface area contributed by atoms with Gasteiger partial charge >= 0.3 is 0 Å². The third kappa shape index (κ3) is 4.20. The minimum Gasteiger partial charge on any atom is -0.351 e. The molecule has 0 radical (unpaired) electrons. The summed E-state index contributed by atoms with van der Waals surface area (Å²) in [4.78, 5) is 11.9. The second-order valence-electron chi connectivity index (χ2n) is 4.89.